The van der Waals surface area contributed by atoms with Gasteiger partial charge < -0.3 is 10.1 Å². The molecule has 226 valence electrons. The molecule has 0 aliphatic carbocycles. The van der Waals surface area contributed by atoms with E-state index < -0.39 is 17.4 Å². The number of nitrogens with zero attached hydrogens (tertiary/aromatic N) is 5. The Hall–Kier alpha value is -4.45. The number of allylic oxidation sites excluding steroid dienone is 1. The van der Waals surface area contributed by atoms with Gasteiger partial charge in [0.15, 0.2) is 5.75 Å². The minimum atomic E-state index is -4.94. The molecule has 0 atom stereocenters. The third kappa shape index (κ3) is 10.5. The smallest absolute Gasteiger partial charge is 0.440 e. The van der Waals surface area contributed by atoms with E-state index in [4.69, 9.17) is 4.74 Å². The molecular formula is C29H34ClF3N6O3. The minimum absolute atomic E-state index is 0.142. The molecule has 42 heavy (non-hydrogen) atoms. The van der Waals surface area contributed by atoms with Crippen molar-refractivity contribution in [3.8, 4) is 11.5 Å². The largest absolute Gasteiger partial charge is 0.455 e. The quantitative estimate of drug-likeness (QED) is 0.192. The molecule has 0 saturated carbocycles. The summed E-state index contributed by atoms with van der Waals surface area (Å²) >= 11 is 4.64. The molecule has 0 bridgehead atoms. The summed E-state index contributed by atoms with van der Waals surface area (Å²) in [6, 6.07) is 14.6. The second-order valence-corrected chi connectivity index (χ2v) is 8.06. The number of nitrogens with one attached hydrogen (secondary N) is 1. The van der Waals surface area contributed by atoms with Gasteiger partial charge in [-0.15, -0.1) is 28.4 Å². The highest BCUT2D eigenvalue weighted by Gasteiger charge is 2.38. The normalized spacial score (nSPS) is 10.0. The Kier molecular flexibility index (Phi) is 14.7. The minimum Gasteiger partial charge on any atom is -0.455 e. The molecule has 9 nitrogen and oxygen atoms in total. The van der Waals surface area contributed by atoms with Gasteiger partial charge in [0.1, 0.15) is 5.75 Å². The summed E-state index contributed by atoms with van der Waals surface area (Å²) in [7, 11) is 1.51. The highest BCUT2D eigenvalue weighted by Crippen LogP contribution is 2.26. The fourth-order valence-electron chi connectivity index (χ4n) is 3.09. The van der Waals surface area contributed by atoms with Crippen LogP contribution in [0.1, 0.15) is 37.6 Å². The number of aryl methyl sites for hydroxylation is 2. The van der Waals surface area contributed by atoms with Crippen LogP contribution in [0.25, 0.3) is 0 Å². The number of hydrogen-bond acceptors (Lipinski definition) is 7. The number of aromatic nitrogens is 5. The van der Waals surface area contributed by atoms with Gasteiger partial charge in [-0.05, 0) is 43.7 Å². The molecule has 0 amide bonds. The Bertz CT molecular complexity index is 1520. The molecule has 0 saturated heterocycles. The van der Waals surface area contributed by atoms with Crippen molar-refractivity contribution in [1.82, 2.24) is 24.5 Å². The average Bonchev–Trinajstić information content (AvgIpc) is 2.97. The van der Waals surface area contributed by atoms with Gasteiger partial charge in [0.2, 0.25) is 11.6 Å². The summed E-state index contributed by atoms with van der Waals surface area (Å²) in [5.41, 5.74) is -1.24. The molecule has 0 radical (unpaired) electrons. The van der Waals surface area contributed by atoms with Gasteiger partial charge >= 0.3 is 6.18 Å². The molecule has 0 spiro atoms. The van der Waals surface area contributed by atoms with Crippen LogP contribution >= 0.6 is 11.6 Å². The number of rotatable bonds is 6. The van der Waals surface area contributed by atoms with Crippen LogP contribution in [0.5, 0.6) is 11.5 Å². The van der Waals surface area contributed by atoms with Gasteiger partial charge in [-0.2, -0.15) is 18.3 Å². The third-order valence-electron chi connectivity index (χ3n) is 4.97. The zero-order valence-electron chi connectivity index (χ0n) is 24.2. The maximum atomic E-state index is 13.3. The van der Waals surface area contributed by atoms with E-state index in [0.717, 1.165) is 14.8 Å². The number of alkyl halides is 4. The molecule has 4 rings (SSSR count). The van der Waals surface area contributed by atoms with Gasteiger partial charge in [0.05, 0.1) is 12.7 Å². The monoisotopic (exact) mass is 606 g/mol. The van der Waals surface area contributed by atoms with Crippen LogP contribution in [0.4, 0.5) is 24.8 Å². The van der Waals surface area contributed by atoms with E-state index in [1.165, 1.54) is 25.7 Å². The first-order chi connectivity index (χ1) is 20.0. The molecule has 0 aliphatic rings. The first-order valence-electron chi connectivity index (χ1n) is 12.6. The van der Waals surface area contributed by atoms with E-state index >= 15 is 0 Å². The zero-order chi connectivity index (χ0) is 31.9. The van der Waals surface area contributed by atoms with E-state index in [-0.39, 0.29) is 23.8 Å². The van der Waals surface area contributed by atoms with Crippen molar-refractivity contribution in [1.29, 1.82) is 0 Å². The first-order valence-corrected chi connectivity index (χ1v) is 13.4. The molecular weight excluding hydrogens is 573 g/mol. The van der Waals surface area contributed by atoms with Crippen LogP contribution in [0, 0.1) is 6.92 Å². The number of anilines is 2. The highest BCUT2D eigenvalue weighted by molar-refractivity contribution is 6.15. The molecule has 2 aromatic heterocycles. The predicted molar refractivity (Wildman–Crippen MR) is 160 cm³/mol. The van der Waals surface area contributed by atoms with Crippen molar-refractivity contribution in [2.75, 3.05) is 11.7 Å². The lowest BCUT2D eigenvalue weighted by atomic mass is 10.1. The van der Waals surface area contributed by atoms with Gasteiger partial charge in [-0.1, -0.05) is 49.8 Å². The van der Waals surface area contributed by atoms with Crippen molar-refractivity contribution < 1.29 is 17.9 Å². The number of halogens is 4. The maximum absolute atomic E-state index is 13.3. The molecule has 0 unspecified atom stereocenters. The lowest BCUT2D eigenvalue weighted by Gasteiger charge is -2.15. The molecule has 13 heteroatoms. The molecule has 2 heterocycles. The average molecular weight is 607 g/mol. The SMILES string of the molecule is C=CC.CC.CCl.Cc1ccc(Cn2c(Nc3ccc(Oc4cnn(C)c(=O)c4)cc3)nnc(C(F)(F)F)c2=O)cc1. The summed E-state index contributed by atoms with van der Waals surface area (Å²) in [5.74, 6) is 0.475. The lowest BCUT2D eigenvalue weighted by Crippen LogP contribution is -2.33. The molecule has 0 aliphatic heterocycles. The van der Waals surface area contributed by atoms with Gasteiger partial charge in [0, 0.05) is 25.2 Å². The van der Waals surface area contributed by atoms with Gasteiger partial charge in [-0.3, -0.25) is 14.2 Å². The van der Waals surface area contributed by atoms with Crippen molar-refractivity contribution >= 4 is 23.2 Å². The predicted octanol–water partition coefficient (Wildman–Crippen LogP) is 6.72. The van der Waals surface area contributed by atoms with Crippen molar-refractivity contribution in [3.05, 3.63) is 111 Å². The second-order valence-electron chi connectivity index (χ2n) is 8.06. The van der Waals surface area contributed by atoms with E-state index in [0.29, 0.717) is 17.0 Å². The second kappa shape index (κ2) is 17.4. The Morgan fingerprint density at radius 1 is 1.00 bits per heavy atom. The highest BCUT2D eigenvalue weighted by atomic mass is 35.5. The van der Waals surface area contributed by atoms with Gasteiger partial charge in [0.25, 0.3) is 11.1 Å². The molecule has 4 aromatic rings. The van der Waals surface area contributed by atoms with Crippen LogP contribution in [0.2, 0.25) is 0 Å². The van der Waals surface area contributed by atoms with E-state index in [1.807, 2.05) is 27.7 Å². The fourth-order valence-corrected chi connectivity index (χ4v) is 3.09. The third-order valence-corrected chi connectivity index (χ3v) is 4.97. The summed E-state index contributed by atoms with van der Waals surface area (Å²) in [5, 5.41) is 13.4. The molecule has 0 fully saturated rings. The molecule has 2 aromatic carbocycles. The zero-order valence-corrected chi connectivity index (χ0v) is 25.0. The van der Waals surface area contributed by atoms with Crippen LogP contribution in [0.3, 0.4) is 0 Å². The van der Waals surface area contributed by atoms with Crippen LogP contribution in [-0.4, -0.2) is 30.9 Å². The van der Waals surface area contributed by atoms with E-state index in [1.54, 1.807) is 54.6 Å². The van der Waals surface area contributed by atoms with Crippen LogP contribution in [-0.2, 0) is 19.8 Å². The Morgan fingerprint density at radius 3 is 2.10 bits per heavy atom. The Balaban J connectivity index is 0.00000116. The topological polar surface area (TPSA) is 104 Å². The maximum Gasteiger partial charge on any atom is 0.440 e. The Labute approximate surface area is 247 Å². The van der Waals surface area contributed by atoms with Crippen molar-refractivity contribution in [2.24, 2.45) is 7.05 Å². The van der Waals surface area contributed by atoms with Crippen molar-refractivity contribution in [2.45, 2.75) is 40.4 Å². The van der Waals surface area contributed by atoms with Crippen molar-refractivity contribution in [3.63, 3.8) is 0 Å². The Morgan fingerprint density at radius 2 is 1.57 bits per heavy atom. The van der Waals surface area contributed by atoms with E-state index in [2.05, 4.69) is 38.8 Å². The summed E-state index contributed by atoms with van der Waals surface area (Å²) in [6.07, 6.45) is -0.334. The lowest BCUT2D eigenvalue weighted by molar-refractivity contribution is -0.143. The van der Waals surface area contributed by atoms with Crippen LogP contribution < -0.4 is 21.2 Å². The van der Waals surface area contributed by atoms with Gasteiger partial charge in [-0.25, -0.2) is 4.68 Å². The number of benzene rings is 2. The molecule has 1 N–H and O–H groups in total. The summed E-state index contributed by atoms with van der Waals surface area (Å²) in [6.45, 7) is 11.0. The first kappa shape index (κ1) is 35.6. The van der Waals surface area contributed by atoms with Crippen LogP contribution in [0.15, 0.2) is 83.0 Å². The number of hydrogen-bond donors (Lipinski definition) is 1. The standard InChI is InChI=1S/C23H19F3N6O3.C3H6.C2H6.CH3Cl/c1-14-3-5-15(6-4-14)13-32-21(34)20(23(24,25)26)29-30-22(32)28-16-7-9-17(10-8-16)35-18-11-19(33)31(2)27-12-18;1-3-2;2*1-2/h3-12H,13H2,1-2H3,(H,28,30);3H,1H2,2H3;1-2H3;1H3. The summed E-state index contributed by atoms with van der Waals surface area (Å²) < 4.78 is 47.5. The fraction of sp³-hybridized carbons (Fsp3) is 0.276. The van der Waals surface area contributed by atoms with E-state index in [9.17, 15) is 22.8 Å². The summed E-state index contributed by atoms with van der Waals surface area (Å²) in [4.78, 5) is 24.3. The number of ether oxygens (including phenoxy) is 1.